The van der Waals surface area contributed by atoms with Crippen LogP contribution in [-0.4, -0.2) is 9.97 Å². The minimum Gasteiger partial charge on any atom is -0.228 e. The summed E-state index contributed by atoms with van der Waals surface area (Å²) >= 11 is 1.86. The van der Waals surface area contributed by atoms with Crippen LogP contribution in [0.25, 0.3) is 87.1 Å². The number of aromatic nitrogens is 2. The van der Waals surface area contributed by atoms with E-state index in [9.17, 15) is 0 Å². The van der Waals surface area contributed by atoms with Gasteiger partial charge >= 0.3 is 0 Å². The lowest BCUT2D eigenvalue weighted by atomic mass is 9.94. The van der Waals surface area contributed by atoms with E-state index in [0.717, 1.165) is 28.1 Å². The fourth-order valence-corrected chi connectivity index (χ4v) is 7.75. The van der Waals surface area contributed by atoms with E-state index in [1.165, 1.54) is 53.2 Å². The molecule has 2 heterocycles. The first kappa shape index (κ1) is 27.4. The van der Waals surface area contributed by atoms with Crippen molar-refractivity contribution in [2.24, 2.45) is 0 Å². The Morgan fingerprint density at radius 2 is 0.894 bits per heavy atom. The molecule has 0 aliphatic heterocycles. The molecule has 2 aromatic heterocycles. The van der Waals surface area contributed by atoms with Gasteiger partial charge in [0.15, 0.2) is 5.82 Å². The first-order valence-corrected chi connectivity index (χ1v) is 16.6. The number of rotatable bonds is 5. The van der Waals surface area contributed by atoms with Crippen molar-refractivity contribution in [1.82, 2.24) is 9.97 Å². The number of nitrogens with zero attached hydrogens (tertiary/aromatic N) is 2. The Labute approximate surface area is 277 Å². The molecule has 0 bridgehead atoms. The molecular formula is C44H28N2S. The van der Waals surface area contributed by atoms with Crippen molar-refractivity contribution >= 4 is 42.3 Å². The standard InChI is InChI=1S/C44H28N2S/c1-4-12-29(13-5-1)31-20-22-32(23-21-31)40-28-41(46-44(45-40)33-16-8-3-9-17-33)38-27-39-35-18-10-11-19-42(35)47-43(39)36-25-24-34(26-37(36)38)30-14-6-2-7-15-30/h1-28H. The van der Waals surface area contributed by atoms with Crippen molar-refractivity contribution in [3.05, 3.63) is 170 Å². The molecule has 0 aliphatic carbocycles. The summed E-state index contributed by atoms with van der Waals surface area (Å²) in [6.45, 7) is 0. The van der Waals surface area contributed by atoms with E-state index in [1.54, 1.807) is 0 Å². The van der Waals surface area contributed by atoms with E-state index in [0.29, 0.717) is 5.82 Å². The van der Waals surface area contributed by atoms with Crippen LogP contribution in [0.15, 0.2) is 170 Å². The average molecular weight is 617 g/mol. The zero-order valence-corrected chi connectivity index (χ0v) is 26.3. The highest BCUT2D eigenvalue weighted by Gasteiger charge is 2.18. The van der Waals surface area contributed by atoms with E-state index in [4.69, 9.17) is 9.97 Å². The van der Waals surface area contributed by atoms with Gasteiger partial charge in [0.2, 0.25) is 0 Å². The highest BCUT2D eigenvalue weighted by atomic mass is 32.1. The fourth-order valence-electron chi connectivity index (χ4n) is 6.53. The van der Waals surface area contributed by atoms with Crippen LogP contribution in [0, 0.1) is 0 Å². The first-order chi connectivity index (χ1) is 23.3. The third-order valence-electron chi connectivity index (χ3n) is 8.91. The highest BCUT2D eigenvalue weighted by molar-refractivity contribution is 7.26. The Kier molecular flexibility index (Phi) is 6.69. The Bertz CT molecular complexity index is 2540. The molecule has 9 aromatic rings. The Morgan fingerprint density at radius 3 is 1.62 bits per heavy atom. The Morgan fingerprint density at radius 1 is 0.340 bits per heavy atom. The maximum absolute atomic E-state index is 5.28. The van der Waals surface area contributed by atoms with Crippen LogP contribution in [0.3, 0.4) is 0 Å². The van der Waals surface area contributed by atoms with Crippen LogP contribution in [0.1, 0.15) is 0 Å². The second kappa shape index (κ2) is 11.5. The molecule has 9 rings (SSSR count). The Balaban J connectivity index is 1.31. The van der Waals surface area contributed by atoms with E-state index in [-0.39, 0.29) is 0 Å². The molecule has 0 N–H and O–H groups in total. The molecule has 0 saturated heterocycles. The summed E-state index contributed by atoms with van der Waals surface area (Å²) in [5, 5.41) is 4.96. The molecule has 0 spiro atoms. The molecule has 0 aliphatic rings. The quantitative estimate of drug-likeness (QED) is 0.192. The van der Waals surface area contributed by atoms with Gasteiger partial charge in [0.1, 0.15) is 0 Å². The van der Waals surface area contributed by atoms with E-state index >= 15 is 0 Å². The van der Waals surface area contributed by atoms with Crippen molar-refractivity contribution in [2.75, 3.05) is 0 Å². The van der Waals surface area contributed by atoms with Gasteiger partial charge in [0.25, 0.3) is 0 Å². The minimum atomic E-state index is 0.716. The molecule has 0 saturated carbocycles. The minimum absolute atomic E-state index is 0.716. The normalized spacial score (nSPS) is 11.4. The van der Waals surface area contributed by atoms with E-state index < -0.39 is 0 Å². The number of hydrogen-bond acceptors (Lipinski definition) is 3. The highest BCUT2D eigenvalue weighted by Crippen LogP contribution is 2.44. The van der Waals surface area contributed by atoms with E-state index in [2.05, 4.69) is 146 Å². The van der Waals surface area contributed by atoms with Crippen LogP contribution in [0.4, 0.5) is 0 Å². The molecule has 0 atom stereocenters. The first-order valence-electron chi connectivity index (χ1n) is 15.8. The molecular weight excluding hydrogens is 589 g/mol. The van der Waals surface area contributed by atoms with Gasteiger partial charge in [-0.25, -0.2) is 9.97 Å². The summed E-state index contributed by atoms with van der Waals surface area (Å²) in [7, 11) is 0. The van der Waals surface area contributed by atoms with Gasteiger partial charge in [0.05, 0.1) is 11.4 Å². The van der Waals surface area contributed by atoms with Gasteiger partial charge in [0, 0.05) is 42.2 Å². The van der Waals surface area contributed by atoms with Gasteiger partial charge in [-0.2, -0.15) is 0 Å². The van der Waals surface area contributed by atoms with Crippen LogP contribution >= 0.6 is 11.3 Å². The predicted molar refractivity (Wildman–Crippen MR) is 200 cm³/mol. The SMILES string of the molecule is c1ccc(-c2ccc(-c3cc(-c4cc5c6ccccc6sc5c5ccc(-c6ccccc6)cc45)nc(-c4ccccc4)n3)cc2)cc1. The molecule has 0 amide bonds. The van der Waals surface area contributed by atoms with Crippen molar-refractivity contribution in [3.63, 3.8) is 0 Å². The largest absolute Gasteiger partial charge is 0.228 e. The smallest absolute Gasteiger partial charge is 0.160 e. The summed E-state index contributed by atoms with van der Waals surface area (Å²) in [6.07, 6.45) is 0. The summed E-state index contributed by atoms with van der Waals surface area (Å²) in [6, 6.07) is 60.2. The van der Waals surface area contributed by atoms with E-state index in [1.807, 2.05) is 35.6 Å². The van der Waals surface area contributed by atoms with Gasteiger partial charge in [-0.05, 0) is 51.9 Å². The fraction of sp³-hybridized carbons (Fsp3) is 0. The van der Waals surface area contributed by atoms with Crippen LogP contribution < -0.4 is 0 Å². The van der Waals surface area contributed by atoms with Gasteiger partial charge in [-0.15, -0.1) is 11.3 Å². The summed E-state index contributed by atoms with van der Waals surface area (Å²) < 4.78 is 2.60. The number of benzene rings is 7. The Hall–Kier alpha value is -5.90. The van der Waals surface area contributed by atoms with Gasteiger partial charge in [-0.1, -0.05) is 146 Å². The van der Waals surface area contributed by atoms with Crippen LogP contribution in [-0.2, 0) is 0 Å². The zero-order chi connectivity index (χ0) is 31.2. The number of thiophene rings is 1. The van der Waals surface area contributed by atoms with Gasteiger partial charge in [-0.3, -0.25) is 0 Å². The average Bonchev–Trinajstić information content (AvgIpc) is 3.54. The molecule has 3 heteroatoms. The third kappa shape index (κ3) is 4.98. The summed E-state index contributed by atoms with van der Waals surface area (Å²) in [5.41, 5.74) is 9.73. The molecule has 0 fully saturated rings. The van der Waals surface area contributed by atoms with Crippen molar-refractivity contribution in [2.45, 2.75) is 0 Å². The van der Waals surface area contributed by atoms with Crippen molar-refractivity contribution in [1.29, 1.82) is 0 Å². The van der Waals surface area contributed by atoms with Crippen molar-refractivity contribution in [3.8, 4) is 56.2 Å². The van der Waals surface area contributed by atoms with Crippen LogP contribution in [0.5, 0.6) is 0 Å². The maximum atomic E-state index is 5.28. The van der Waals surface area contributed by atoms with Crippen molar-refractivity contribution < 1.29 is 0 Å². The lowest BCUT2D eigenvalue weighted by Gasteiger charge is -2.14. The lowest BCUT2D eigenvalue weighted by Crippen LogP contribution is -1.96. The van der Waals surface area contributed by atoms with Gasteiger partial charge < -0.3 is 0 Å². The second-order valence-corrected chi connectivity index (χ2v) is 12.8. The lowest BCUT2D eigenvalue weighted by molar-refractivity contribution is 1.19. The number of hydrogen-bond donors (Lipinski definition) is 0. The predicted octanol–water partition coefficient (Wildman–Crippen LogP) is 12.3. The zero-order valence-electron chi connectivity index (χ0n) is 25.5. The second-order valence-electron chi connectivity index (χ2n) is 11.8. The third-order valence-corrected chi connectivity index (χ3v) is 10.1. The summed E-state index contributed by atoms with van der Waals surface area (Å²) in [5.74, 6) is 0.716. The molecule has 7 aromatic carbocycles. The summed E-state index contributed by atoms with van der Waals surface area (Å²) in [4.78, 5) is 10.4. The monoisotopic (exact) mass is 616 g/mol. The molecule has 47 heavy (non-hydrogen) atoms. The topological polar surface area (TPSA) is 25.8 Å². The molecule has 0 unspecified atom stereocenters. The van der Waals surface area contributed by atoms with Crippen LogP contribution in [0.2, 0.25) is 0 Å². The maximum Gasteiger partial charge on any atom is 0.160 e. The molecule has 0 radical (unpaired) electrons. The molecule has 220 valence electrons. The number of fused-ring (bicyclic) bond motifs is 5. The molecule has 2 nitrogen and oxygen atoms in total.